The number of allylic oxidation sites excluding steroid dienone is 1. The van der Waals surface area contributed by atoms with E-state index in [1.165, 1.54) is 18.3 Å². The van der Waals surface area contributed by atoms with E-state index in [1.54, 1.807) is 87.6 Å². The molecule has 0 spiro atoms. The Hall–Kier alpha value is -6.17. The maximum Gasteiger partial charge on any atom is 0.412 e. The lowest BCUT2D eigenvalue weighted by Gasteiger charge is -2.19. The van der Waals surface area contributed by atoms with Crippen LogP contribution in [0.15, 0.2) is 96.4 Å². The van der Waals surface area contributed by atoms with Crippen molar-refractivity contribution in [2.75, 3.05) is 5.32 Å². The van der Waals surface area contributed by atoms with Gasteiger partial charge in [0.2, 0.25) is 0 Å². The first kappa shape index (κ1) is 36.1. The summed E-state index contributed by atoms with van der Waals surface area (Å²) in [5, 5.41) is 19.4. The number of carbonyl (C=O) groups excluding carboxylic acids is 3. The zero-order valence-electron chi connectivity index (χ0n) is 28.5. The van der Waals surface area contributed by atoms with Gasteiger partial charge in [0, 0.05) is 52.7 Å². The second-order valence-corrected chi connectivity index (χ2v) is 13.1. The Balaban J connectivity index is 1.24. The highest BCUT2D eigenvalue weighted by Gasteiger charge is 2.25. The van der Waals surface area contributed by atoms with Crippen molar-refractivity contribution in [1.29, 1.82) is 0 Å². The number of oxime groups is 1. The predicted octanol–water partition coefficient (Wildman–Crippen LogP) is 7.27. The molecule has 262 valence electrons. The number of carboxylic acids is 1. The summed E-state index contributed by atoms with van der Waals surface area (Å²) in [7, 11) is 0. The number of hydrogen-bond acceptors (Lipinski definition) is 8. The molecule has 0 fully saturated rings. The van der Waals surface area contributed by atoms with Crippen molar-refractivity contribution >= 4 is 41.4 Å². The van der Waals surface area contributed by atoms with Crippen LogP contribution in [0.4, 0.5) is 14.9 Å². The summed E-state index contributed by atoms with van der Waals surface area (Å²) in [5.74, 6) is -2.31. The number of amides is 2. The molecule has 2 atom stereocenters. The number of aromatic nitrogens is 1. The molecule has 2 heterocycles. The van der Waals surface area contributed by atoms with Gasteiger partial charge in [-0.3, -0.25) is 19.9 Å². The number of aldehydes is 1. The summed E-state index contributed by atoms with van der Waals surface area (Å²) in [6, 6.07) is 18.2. The van der Waals surface area contributed by atoms with Crippen LogP contribution in [0, 0.1) is 11.7 Å². The molecule has 1 aromatic heterocycles. The highest BCUT2D eigenvalue weighted by molar-refractivity contribution is 6.02. The van der Waals surface area contributed by atoms with Gasteiger partial charge in [0.25, 0.3) is 5.91 Å². The number of halogens is 1. The smallest absolute Gasteiger partial charge is 0.412 e. The summed E-state index contributed by atoms with van der Waals surface area (Å²) >= 11 is 0. The van der Waals surface area contributed by atoms with Gasteiger partial charge in [0.15, 0.2) is 5.76 Å². The number of nitrogens with zero attached hydrogens (tertiary/aromatic N) is 2. The quantitative estimate of drug-likeness (QED) is 0.147. The van der Waals surface area contributed by atoms with Gasteiger partial charge in [0.05, 0.1) is 11.3 Å². The second-order valence-electron chi connectivity index (χ2n) is 13.1. The largest absolute Gasteiger partial charge is 0.480 e. The van der Waals surface area contributed by atoms with Crippen LogP contribution in [0.2, 0.25) is 0 Å². The number of aliphatic carboxylic acids is 1. The third-order valence-corrected chi connectivity index (χ3v) is 7.91. The molecule has 0 radical (unpaired) electrons. The van der Waals surface area contributed by atoms with Crippen LogP contribution in [0.25, 0.3) is 16.9 Å². The second kappa shape index (κ2) is 15.6. The number of nitrogens with one attached hydrogen (secondary N) is 2. The van der Waals surface area contributed by atoms with Crippen LogP contribution < -0.4 is 10.6 Å². The Labute approximate surface area is 294 Å². The first-order valence-corrected chi connectivity index (χ1v) is 16.2. The summed E-state index contributed by atoms with van der Waals surface area (Å²) in [5.41, 5.74) is 3.53. The average Bonchev–Trinajstić information content (AvgIpc) is 3.29. The lowest BCUT2D eigenvalue weighted by molar-refractivity contribution is -0.139. The molecule has 2 unspecified atom stereocenters. The predicted molar refractivity (Wildman–Crippen MR) is 190 cm³/mol. The molecule has 12 heteroatoms. The van der Waals surface area contributed by atoms with E-state index < -0.39 is 35.4 Å². The van der Waals surface area contributed by atoms with Gasteiger partial charge in [-0.15, -0.1) is 0 Å². The van der Waals surface area contributed by atoms with Crippen molar-refractivity contribution in [2.45, 2.75) is 52.2 Å². The minimum absolute atomic E-state index is 0.140. The lowest BCUT2D eigenvalue weighted by Crippen LogP contribution is -2.42. The fourth-order valence-corrected chi connectivity index (χ4v) is 5.29. The summed E-state index contributed by atoms with van der Waals surface area (Å²) in [4.78, 5) is 58.1. The Bertz CT molecular complexity index is 2000. The van der Waals surface area contributed by atoms with E-state index in [9.17, 15) is 24.3 Å². The third-order valence-electron chi connectivity index (χ3n) is 7.91. The third kappa shape index (κ3) is 9.50. The van der Waals surface area contributed by atoms with Crippen LogP contribution in [0.1, 0.15) is 71.5 Å². The van der Waals surface area contributed by atoms with Crippen molar-refractivity contribution in [2.24, 2.45) is 11.1 Å². The molecule has 4 aromatic rings. The van der Waals surface area contributed by atoms with Gasteiger partial charge >= 0.3 is 12.1 Å². The summed E-state index contributed by atoms with van der Waals surface area (Å²) < 4.78 is 20.9. The topological polar surface area (TPSA) is 156 Å². The van der Waals surface area contributed by atoms with Crippen LogP contribution >= 0.6 is 0 Å². The SMILES string of the molecule is CC1CC=C(c2ccc(NC(=O)OC(C)(C)C)cc2)ON=C1c1ccc(CC(NC(=O)c2cncc(-c3ccc(C=O)cc3)c2)C(=O)O)cc1F. The van der Waals surface area contributed by atoms with Crippen LogP contribution in [-0.4, -0.2) is 51.7 Å². The molecule has 3 aromatic carbocycles. The van der Waals surface area contributed by atoms with E-state index in [0.29, 0.717) is 45.8 Å². The molecule has 1 aliphatic heterocycles. The van der Waals surface area contributed by atoms with E-state index in [2.05, 4.69) is 20.8 Å². The zero-order valence-corrected chi connectivity index (χ0v) is 28.5. The first-order valence-electron chi connectivity index (χ1n) is 16.2. The fourth-order valence-electron chi connectivity index (χ4n) is 5.29. The van der Waals surface area contributed by atoms with Crippen molar-refractivity contribution in [1.82, 2.24) is 10.3 Å². The molecule has 0 saturated carbocycles. The lowest BCUT2D eigenvalue weighted by atomic mass is 9.93. The first-order chi connectivity index (χ1) is 24.3. The fraction of sp³-hybridized carbons (Fsp3) is 0.231. The molecule has 0 bridgehead atoms. The van der Waals surface area contributed by atoms with E-state index in [0.717, 1.165) is 11.8 Å². The van der Waals surface area contributed by atoms with E-state index in [4.69, 9.17) is 9.57 Å². The van der Waals surface area contributed by atoms with Gasteiger partial charge < -0.3 is 20.0 Å². The van der Waals surface area contributed by atoms with Crippen molar-refractivity contribution in [3.8, 4) is 11.1 Å². The van der Waals surface area contributed by atoms with Gasteiger partial charge in [-0.1, -0.05) is 42.4 Å². The van der Waals surface area contributed by atoms with Crippen molar-refractivity contribution < 1.29 is 38.2 Å². The Morgan fingerprint density at radius 2 is 1.71 bits per heavy atom. The molecule has 11 nitrogen and oxygen atoms in total. The number of carbonyl (C=O) groups is 4. The number of rotatable bonds is 10. The molecule has 0 aliphatic carbocycles. The highest BCUT2D eigenvalue weighted by Crippen LogP contribution is 2.28. The Kier molecular flexibility index (Phi) is 11.0. The van der Waals surface area contributed by atoms with E-state index in [1.807, 2.05) is 13.0 Å². The van der Waals surface area contributed by atoms with Crippen LogP contribution in [0.3, 0.4) is 0 Å². The molecule has 51 heavy (non-hydrogen) atoms. The number of hydrogen-bond donors (Lipinski definition) is 3. The highest BCUT2D eigenvalue weighted by atomic mass is 19.1. The molecule has 0 saturated heterocycles. The Morgan fingerprint density at radius 3 is 2.35 bits per heavy atom. The molecule has 2 amide bonds. The average molecular weight is 693 g/mol. The van der Waals surface area contributed by atoms with Gasteiger partial charge in [-0.05, 0) is 86.9 Å². The molecular formula is C39H37FN4O7. The molecular weight excluding hydrogens is 655 g/mol. The van der Waals surface area contributed by atoms with Crippen molar-refractivity contribution in [3.63, 3.8) is 0 Å². The number of pyridine rings is 1. The standard InChI is InChI=1S/C39H37FN4O7/c1-23-5-16-34(27-11-13-30(14-12-27)42-38(49)50-39(2,3)4)51-44-35(23)31-15-8-25(17-32(31)40)18-33(37(47)48)43-36(46)29-19-28(20-41-21-29)26-9-6-24(22-45)7-10-26/h6-17,19-23,33H,5,18H2,1-4H3,(H,42,49)(H,43,46)(H,47,48). The van der Waals surface area contributed by atoms with Crippen LogP contribution in [0.5, 0.6) is 0 Å². The van der Waals surface area contributed by atoms with Gasteiger partial charge in [-0.25, -0.2) is 14.0 Å². The van der Waals surface area contributed by atoms with E-state index in [-0.39, 0.29) is 23.5 Å². The Morgan fingerprint density at radius 1 is 1.00 bits per heavy atom. The minimum Gasteiger partial charge on any atom is -0.480 e. The zero-order chi connectivity index (χ0) is 36.7. The van der Waals surface area contributed by atoms with Crippen LogP contribution in [-0.2, 0) is 20.8 Å². The normalized spacial score (nSPS) is 14.9. The summed E-state index contributed by atoms with van der Waals surface area (Å²) in [6.45, 7) is 7.22. The van der Waals surface area contributed by atoms with E-state index >= 15 is 4.39 Å². The van der Waals surface area contributed by atoms with Gasteiger partial charge in [0.1, 0.15) is 23.7 Å². The molecule has 5 rings (SSSR count). The van der Waals surface area contributed by atoms with Gasteiger partial charge in [-0.2, -0.15) is 0 Å². The molecule has 3 N–H and O–H groups in total. The minimum atomic E-state index is -1.35. The summed E-state index contributed by atoms with van der Waals surface area (Å²) in [6.07, 6.45) is 5.21. The number of benzene rings is 3. The maximum absolute atomic E-state index is 15.6. The number of ether oxygens (including phenoxy) is 1. The molecule has 1 aliphatic rings. The van der Waals surface area contributed by atoms with Crippen molar-refractivity contribution in [3.05, 3.63) is 125 Å². The number of carboxylic acid groups (broad SMARTS) is 1. The maximum atomic E-state index is 15.6. The monoisotopic (exact) mass is 692 g/mol. The number of anilines is 1.